The van der Waals surface area contributed by atoms with Crippen molar-refractivity contribution in [3.05, 3.63) is 65.7 Å². The van der Waals surface area contributed by atoms with Crippen molar-refractivity contribution in [2.45, 2.75) is 31.8 Å². The van der Waals surface area contributed by atoms with Gasteiger partial charge in [-0.15, -0.1) is 0 Å². The summed E-state index contributed by atoms with van der Waals surface area (Å²) in [6.07, 6.45) is 2.54. The molecule has 1 atom stereocenters. The summed E-state index contributed by atoms with van der Waals surface area (Å²) in [5, 5.41) is 0. The number of benzene rings is 2. The van der Waals surface area contributed by atoms with E-state index in [1.165, 1.54) is 5.56 Å². The molecule has 1 unspecified atom stereocenters. The van der Waals surface area contributed by atoms with E-state index in [-0.39, 0.29) is 5.91 Å². The van der Waals surface area contributed by atoms with Crippen molar-refractivity contribution in [2.75, 3.05) is 7.11 Å². The fourth-order valence-electron chi connectivity index (χ4n) is 3.04. The molecule has 3 nitrogen and oxygen atoms in total. The van der Waals surface area contributed by atoms with E-state index < -0.39 is 0 Å². The molecule has 114 valence electrons. The van der Waals surface area contributed by atoms with Gasteiger partial charge in [-0.2, -0.15) is 0 Å². The molecule has 1 heterocycles. The second-order valence-corrected chi connectivity index (χ2v) is 5.75. The number of hydrogen-bond acceptors (Lipinski definition) is 2. The van der Waals surface area contributed by atoms with Gasteiger partial charge in [-0.1, -0.05) is 42.5 Å². The third-order valence-corrected chi connectivity index (χ3v) is 4.28. The Balaban J connectivity index is 1.70. The van der Waals surface area contributed by atoms with Crippen LogP contribution in [0, 0.1) is 0 Å². The second-order valence-electron chi connectivity index (χ2n) is 5.75. The number of amides is 1. The fraction of sp³-hybridized carbons (Fsp3) is 0.316. The Morgan fingerprint density at radius 3 is 2.45 bits per heavy atom. The van der Waals surface area contributed by atoms with Crippen LogP contribution in [0.5, 0.6) is 5.75 Å². The quantitative estimate of drug-likeness (QED) is 0.846. The molecule has 0 saturated carbocycles. The van der Waals surface area contributed by atoms with Crippen molar-refractivity contribution in [3.8, 4) is 5.75 Å². The lowest BCUT2D eigenvalue weighted by atomic mass is 10.0. The highest BCUT2D eigenvalue weighted by Gasteiger charge is 2.30. The summed E-state index contributed by atoms with van der Waals surface area (Å²) in [6.45, 7) is 0.681. The number of methoxy groups -OCH3 is 1. The molecular weight excluding hydrogens is 274 g/mol. The molecule has 22 heavy (non-hydrogen) atoms. The van der Waals surface area contributed by atoms with Gasteiger partial charge in [0.1, 0.15) is 5.75 Å². The normalized spacial score (nSPS) is 17.8. The van der Waals surface area contributed by atoms with E-state index in [1.54, 1.807) is 7.11 Å². The first-order valence-electron chi connectivity index (χ1n) is 7.72. The smallest absolute Gasteiger partial charge is 0.223 e. The summed E-state index contributed by atoms with van der Waals surface area (Å²) >= 11 is 0. The van der Waals surface area contributed by atoms with Crippen molar-refractivity contribution in [2.24, 2.45) is 0 Å². The predicted molar refractivity (Wildman–Crippen MR) is 86.7 cm³/mol. The van der Waals surface area contributed by atoms with Crippen LogP contribution in [0.1, 0.15) is 24.0 Å². The topological polar surface area (TPSA) is 29.5 Å². The largest absolute Gasteiger partial charge is 0.497 e. The zero-order valence-electron chi connectivity index (χ0n) is 12.9. The van der Waals surface area contributed by atoms with Gasteiger partial charge in [0.15, 0.2) is 0 Å². The number of likely N-dealkylation sites (tertiary alicyclic amines) is 1. The van der Waals surface area contributed by atoms with Crippen LogP contribution in [-0.4, -0.2) is 24.0 Å². The predicted octanol–water partition coefficient (Wildman–Crippen LogP) is 3.43. The van der Waals surface area contributed by atoms with Crippen LogP contribution in [0.2, 0.25) is 0 Å². The van der Waals surface area contributed by atoms with E-state index >= 15 is 0 Å². The summed E-state index contributed by atoms with van der Waals surface area (Å²) in [5.41, 5.74) is 2.44. The van der Waals surface area contributed by atoms with Gasteiger partial charge in [0.05, 0.1) is 7.11 Å². The Labute approximate surface area is 131 Å². The first-order chi connectivity index (χ1) is 10.8. The zero-order valence-corrected chi connectivity index (χ0v) is 12.9. The summed E-state index contributed by atoms with van der Waals surface area (Å²) in [5.74, 6) is 1.11. The van der Waals surface area contributed by atoms with Crippen LogP contribution < -0.4 is 4.74 Å². The number of ether oxygens (including phenoxy) is 1. The SMILES string of the molecule is COc1ccc(CN2C(=O)CCC2Cc2ccccc2)cc1. The third kappa shape index (κ3) is 3.30. The molecule has 1 fully saturated rings. The van der Waals surface area contributed by atoms with Gasteiger partial charge in [-0.05, 0) is 36.1 Å². The first-order valence-corrected chi connectivity index (χ1v) is 7.72. The molecule has 1 aliphatic heterocycles. The van der Waals surface area contributed by atoms with Crippen LogP contribution in [-0.2, 0) is 17.8 Å². The molecule has 2 aromatic rings. The molecule has 0 aliphatic carbocycles. The van der Waals surface area contributed by atoms with E-state index in [1.807, 2.05) is 35.2 Å². The van der Waals surface area contributed by atoms with E-state index in [2.05, 4.69) is 24.3 Å². The maximum Gasteiger partial charge on any atom is 0.223 e. The number of nitrogens with zero attached hydrogens (tertiary/aromatic N) is 1. The van der Waals surface area contributed by atoms with Gasteiger partial charge in [-0.3, -0.25) is 4.79 Å². The molecule has 1 aliphatic rings. The molecule has 0 N–H and O–H groups in total. The van der Waals surface area contributed by atoms with Crippen molar-refractivity contribution in [1.82, 2.24) is 4.90 Å². The summed E-state index contributed by atoms with van der Waals surface area (Å²) < 4.78 is 5.18. The Bertz CT molecular complexity index is 622. The lowest BCUT2D eigenvalue weighted by Crippen LogP contribution is -2.33. The fourth-order valence-corrected chi connectivity index (χ4v) is 3.04. The highest BCUT2D eigenvalue weighted by molar-refractivity contribution is 5.78. The molecule has 0 spiro atoms. The van der Waals surface area contributed by atoms with Crippen molar-refractivity contribution in [3.63, 3.8) is 0 Å². The van der Waals surface area contributed by atoms with Crippen LogP contribution in [0.4, 0.5) is 0 Å². The van der Waals surface area contributed by atoms with Crippen LogP contribution in [0.3, 0.4) is 0 Å². The number of carbonyl (C=O) groups excluding carboxylic acids is 1. The molecule has 3 heteroatoms. The van der Waals surface area contributed by atoms with E-state index in [0.717, 1.165) is 24.2 Å². The molecule has 3 rings (SSSR count). The van der Waals surface area contributed by atoms with Gasteiger partial charge in [0, 0.05) is 19.0 Å². The Hall–Kier alpha value is -2.29. The van der Waals surface area contributed by atoms with Crippen LogP contribution >= 0.6 is 0 Å². The molecule has 0 bridgehead atoms. The summed E-state index contributed by atoms with van der Waals surface area (Å²) in [7, 11) is 1.66. The number of rotatable bonds is 5. The standard InChI is InChI=1S/C19H21NO2/c1-22-18-10-7-16(8-11-18)14-20-17(9-12-19(20)21)13-15-5-3-2-4-6-15/h2-8,10-11,17H,9,12-14H2,1H3. The second kappa shape index (κ2) is 6.65. The number of carbonyl (C=O) groups is 1. The monoisotopic (exact) mass is 295 g/mol. The Morgan fingerprint density at radius 1 is 1.05 bits per heavy atom. The molecule has 0 aromatic heterocycles. The average Bonchev–Trinajstić information content (AvgIpc) is 2.90. The Morgan fingerprint density at radius 2 is 1.77 bits per heavy atom. The van der Waals surface area contributed by atoms with Gasteiger partial charge in [0.25, 0.3) is 0 Å². The average molecular weight is 295 g/mol. The van der Waals surface area contributed by atoms with Crippen molar-refractivity contribution >= 4 is 5.91 Å². The molecule has 1 saturated heterocycles. The maximum absolute atomic E-state index is 12.2. The van der Waals surface area contributed by atoms with Crippen molar-refractivity contribution < 1.29 is 9.53 Å². The molecular formula is C19H21NO2. The number of hydrogen-bond donors (Lipinski definition) is 0. The minimum absolute atomic E-state index is 0.261. The highest BCUT2D eigenvalue weighted by atomic mass is 16.5. The van der Waals surface area contributed by atoms with Gasteiger partial charge >= 0.3 is 0 Å². The van der Waals surface area contributed by atoms with Crippen molar-refractivity contribution in [1.29, 1.82) is 0 Å². The highest BCUT2D eigenvalue weighted by Crippen LogP contribution is 2.25. The lowest BCUT2D eigenvalue weighted by molar-refractivity contribution is -0.129. The first kappa shape index (κ1) is 14.6. The minimum Gasteiger partial charge on any atom is -0.497 e. The molecule has 1 amide bonds. The van der Waals surface area contributed by atoms with E-state index in [0.29, 0.717) is 19.0 Å². The maximum atomic E-state index is 12.2. The van der Waals surface area contributed by atoms with Gasteiger partial charge in [-0.25, -0.2) is 0 Å². The van der Waals surface area contributed by atoms with Gasteiger partial charge in [0.2, 0.25) is 5.91 Å². The third-order valence-electron chi connectivity index (χ3n) is 4.28. The molecule has 2 aromatic carbocycles. The summed E-state index contributed by atoms with van der Waals surface area (Å²) in [4.78, 5) is 14.2. The zero-order chi connectivity index (χ0) is 15.4. The van der Waals surface area contributed by atoms with E-state index in [9.17, 15) is 4.79 Å². The van der Waals surface area contributed by atoms with E-state index in [4.69, 9.17) is 4.74 Å². The Kier molecular flexibility index (Phi) is 4.42. The minimum atomic E-state index is 0.261. The lowest BCUT2D eigenvalue weighted by Gasteiger charge is -2.25. The van der Waals surface area contributed by atoms with Gasteiger partial charge < -0.3 is 9.64 Å². The summed E-state index contributed by atoms with van der Waals surface area (Å²) in [6, 6.07) is 18.7. The van der Waals surface area contributed by atoms with Crippen LogP contribution in [0.15, 0.2) is 54.6 Å². The van der Waals surface area contributed by atoms with Crippen LogP contribution in [0.25, 0.3) is 0 Å². The molecule has 0 radical (unpaired) electrons.